The fourth-order valence-electron chi connectivity index (χ4n) is 2.53. The summed E-state index contributed by atoms with van der Waals surface area (Å²) < 4.78 is 13.0. The van der Waals surface area contributed by atoms with Crippen LogP contribution in [-0.2, 0) is 5.41 Å². The van der Waals surface area contributed by atoms with Crippen LogP contribution < -0.4 is 5.73 Å². The molecule has 1 fully saturated rings. The Hall–Kier alpha value is -2.49. The van der Waals surface area contributed by atoms with Gasteiger partial charge in [-0.3, -0.25) is 10.4 Å². The third-order valence-corrected chi connectivity index (χ3v) is 3.94. The number of hydrogen-bond donors (Lipinski definition) is 2. The third-order valence-electron chi connectivity index (χ3n) is 3.94. The Bertz CT molecular complexity index is 692. The first-order valence-electron chi connectivity index (χ1n) is 6.85. The van der Waals surface area contributed by atoms with Crippen molar-refractivity contribution in [1.82, 2.24) is 4.98 Å². The second kappa shape index (κ2) is 5.13. The Balaban J connectivity index is 0.00000176. The first-order chi connectivity index (χ1) is 10.1. The van der Waals surface area contributed by atoms with Gasteiger partial charge in [0.05, 0.1) is 11.4 Å². The number of nitrogens with zero attached hydrogens (tertiary/aromatic N) is 1. The summed E-state index contributed by atoms with van der Waals surface area (Å²) in [5.74, 6) is -0.252. The molecule has 0 atom stereocenters. The second-order valence-electron chi connectivity index (χ2n) is 5.32. The number of allylic oxidation sites excluding steroid dienone is 2. The van der Waals surface area contributed by atoms with Crippen LogP contribution >= 0.6 is 0 Å². The van der Waals surface area contributed by atoms with Gasteiger partial charge in [-0.05, 0) is 48.7 Å². The van der Waals surface area contributed by atoms with E-state index in [0.717, 1.165) is 18.4 Å². The molecule has 108 valence electrons. The quantitative estimate of drug-likeness (QED) is 0.845. The highest BCUT2D eigenvalue weighted by Crippen LogP contribution is 2.52. The van der Waals surface area contributed by atoms with Crippen molar-refractivity contribution >= 4 is 5.71 Å². The lowest BCUT2D eigenvalue weighted by atomic mass is 9.91. The Morgan fingerprint density at radius 1 is 1.24 bits per heavy atom. The van der Waals surface area contributed by atoms with Crippen molar-refractivity contribution in [3.05, 3.63) is 77.5 Å². The number of nitrogens with two attached hydrogens (primary N) is 1. The largest absolute Gasteiger partial charge is 0.401 e. The first kappa shape index (κ1) is 13.5. The molecule has 0 spiro atoms. The minimum absolute atomic E-state index is 0. The highest BCUT2D eigenvalue weighted by atomic mass is 19.1. The van der Waals surface area contributed by atoms with E-state index < -0.39 is 0 Å². The van der Waals surface area contributed by atoms with E-state index in [1.165, 1.54) is 12.1 Å². The van der Waals surface area contributed by atoms with Gasteiger partial charge in [0, 0.05) is 18.7 Å². The molecule has 4 heteroatoms. The molecule has 0 saturated heterocycles. The molecule has 0 amide bonds. The van der Waals surface area contributed by atoms with Crippen molar-refractivity contribution in [3.63, 3.8) is 0 Å². The van der Waals surface area contributed by atoms with Gasteiger partial charge >= 0.3 is 0 Å². The first-order valence-corrected chi connectivity index (χ1v) is 6.85. The lowest BCUT2D eigenvalue weighted by molar-refractivity contribution is 0.625. The molecule has 1 aliphatic rings. The number of aromatic nitrogens is 1. The van der Waals surface area contributed by atoms with Gasteiger partial charge in [-0.15, -0.1) is 0 Å². The topological polar surface area (TPSA) is 62.8 Å². The maximum absolute atomic E-state index is 13.0. The SMILES string of the molecule is N=C(/C=C(\N)C1(c2ccc(F)cc2)CC1)c1ccccn1.[HH]. The van der Waals surface area contributed by atoms with E-state index in [1.807, 2.05) is 12.1 Å². The van der Waals surface area contributed by atoms with E-state index in [-0.39, 0.29) is 12.7 Å². The molecular formula is C17H18FN3. The molecule has 0 radical (unpaired) electrons. The van der Waals surface area contributed by atoms with Crippen LogP contribution in [0.3, 0.4) is 0 Å². The predicted molar refractivity (Wildman–Crippen MR) is 82.8 cm³/mol. The highest BCUT2D eigenvalue weighted by molar-refractivity contribution is 6.05. The summed E-state index contributed by atoms with van der Waals surface area (Å²) in [5, 5.41) is 8.09. The molecule has 0 unspecified atom stereocenters. The van der Waals surface area contributed by atoms with Crippen molar-refractivity contribution in [2.45, 2.75) is 18.3 Å². The predicted octanol–water partition coefficient (Wildman–Crippen LogP) is 3.41. The summed E-state index contributed by atoms with van der Waals surface area (Å²) in [5.41, 5.74) is 8.52. The standard InChI is InChI=1S/C17H16FN3.H2/c18-13-6-4-12(5-7-13)17(8-9-17)16(20)11-14(19)15-3-1-2-10-21-15;/h1-7,10-11,19H,8-9,20H2;1H/b16-11-,19-14?;. The Morgan fingerprint density at radius 3 is 2.52 bits per heavy atom. The second-order valence-corrected chi connectivity index (χ2v) is 5.32. The van der Waals surface area contributed by atoms with E-state index in [4.69, 9.17) is 11.1 Å². The highest BCUT2D eigenvalue weighted by Gasteiger charge is 2.46. The molecule has 0 bridgehead atoms. The molecule has 21 heavy (non-hydrogen) atoms. The van der Waals surface area contributed by atoms with Crippen LogP contribution in [0.2, 0.25) is 0 Å². The number of hydrogen-bond acceptors (Lipinski definition) is 3. The van der Waals surface area contributed by atoms with Crippen LogP contribution in [0.1, 0.15) is 25.5 Å². The number of nitrogens with one attached hydrogen (secondary N) is 1. The summed E-state index contributed by atoms with van der Waals surface area (Å²) in [6, 6.07) is 11.9. The van der Waals surface area contributed by atoms with Crippen LogP contribution in [-0.4, -0.2) is 10.7 Å². The third kappa shape index (κ3) is 2.57. The van der Waals surface area contributed by atoms with Gasteiger partial charge in [0.15, 0.2) is 0 Å². The summed E-state index contributed by atoms with van der Waals surface area (Å²) in [6.45, 7) is 0. The molecule has 0 aliphatic heterocycles. The average molecular weight is 283 g/mol. The van der Waals surface area contributed by atoms with Gasteiger partial charge in [0.2, 0.25) is 0 Å². The van der Waals surface area contributed by atoms with Crippen LogP contribution in [0, 0.1) is 11.2 Å². The molecule has 1 heterocycles. The summed E-state index contributed by atoms with van der Waals surface area (Å²) in [6.07, 6.45) is 5.17. The maximum Gasteiger partial charge on any atom is 0.123 e. The van der Waals surface area contributed by atoms with Crippen molar-refractivity contribution in [2.75, 3.05) is 0 Å². The van der Waals surface area contributed by atoms with Gasteiger partial charge in [0.25, 0.3) is 0 Å². The maximum atomic E-state index is 13.0. The van der Waals surface area contributed by atoms with Crippen LogP contribution in [0.4, 0.5) is 4.39 Å². The van der Waals surface area contributed by atoms with Crippen molar-refractivity contribution in [3.8, 4) is 0 Å². The minimum Gasteiger partial charge on any atom is -0.401 e. The molecule has 2 aromatic rings. The van der Waals surface area contributed by atoms with E-state index in [0.29, 0.717) is 17.1 Å². The van der Waals surface area contributed by atoms with Gasteiger partial charge in [0.1, 0.15) is 5.82 Å². The monoisotopic (exact) mass is 283 g/mol. The van der Waals surface area contributed by atoms with E-state index >= 15 is 0 Å². The Labute approximate surface area is 124 Å². The van der Waals surface area contributed by atoms with Gasteiger partial charge in [-0.25, -0.2) is 4.39 Å². The molecule has 3 rings (SSSR count). The number of halogens is 1. The summed E-state index contributed by atoms with van der Waals surface area (Å²) in [7, 11) is 0. The number of rotatable bonds is 4. The molecule has 1 saturated carbocycles. The Kier molecular flexibility index (Phi) is 3.29. The lowest BCUT2D eigenvalue weighted by Gasteiger charge is -2.16. The zero-order valence-electron chi connectivity index (χ0n) is 11.5. The van der Waals surface area contributed by atoms with Crippen LogP contribution in [0.25, 0.3) is 0 Å². The zero-order chi connectivity index (χ0) is 14.9. The van der Waals surface area contributed by atoms with E-state index in [2.05, 4.69) is 4.98 Å². The van der Waals surface area contributed by atoms with Crippen LogP contribution in [0.5, 0.6) is 0 Å². The van der Waals surface area contributed by atoms with Crippen molar-refractivity contribution < 1.29 is 5.82 Å². The molecular weight excluding hydrogens is 265 g/mol. The normalized spacial score (nSPS) is 16.5. The fourth-order valence-corrected chi connectivity index (χ4v) is 2.53. The van der Waals surface area contributed by atoms with Crippen molar-refractivity contribution in [2.24, 2.45) is 5.73 Å². The Morgan fingerprint density at radius 2 is 1.95 bits per heavy atom. The van der Waals surface area contributed by atoms with E-state index in [9.17, 15) is 4.39 Å². The van der Waals surface area contributed by atoms with E-state index in [1.54, 1.807) is 30.5 Å². The van der Waals surface area contributed by atoms with Crippen molar-refractivity contribution in [1.29, 1.82) is 5.41 Å². The lowest BCUT2D eigenvalue weighted by Crippen LogP contribution is -2.19. The molecule has 1 aromatic heterocycles. The average Bonchev–Trinajstić information content (AvgIpc) is 3.30. The smallest absolute Gasteiger partial charge is 0.123 e. The van der Waals surface area contributed by atoms with Crippen LogP contribution in [0.15, 0.2) is 60.4 Å². The fraction of sp³-hybridized carbons (Fsp3) is 0.176. The molecule has 3 N–H and O–H groups in total. The van der Waals surface area contributed by atoms with Gasteiger partial charge in [-0.1, -0.05) is 18.2 Å². The summed E-state index contributed by atoms with van der Waals surface area (Å²) >= 11 is 0. The zero-order valence-corrected chi connectivity index (χ0v) is 11.5. The minimum atomic E-state index is -0.252. The molecule has 1 aliphatic carbocycles. The van der Waals surface area contributed by atoms with Gasteiger partial charge in [-0.2, -0.15) is 0 Å². The number of benzene rings is 1. The van der Waals surface area contributed by atoms with Gasteiger partial charge < -0.3 is 5.73 Å². The molecule has 3 nitrogen and oxygen atoms in total. The molecule has 1 aromatic carbocycles. The summed E-state index contributed by atoms with van der Waals surface area (Å²) in [4.78, 5) is 4.14. The number of pyridine rings is 1.